The van der Waals surface area contributed by atoms with Gasteiger partial charge >= 0.3 is 5.97 Å². The summed E-state index contributed by atoms with van der Waals surface area (Å²) in [5, 5.41) is 10.7. The second-order valence-electron chi connectivity index (χ2n) is 2.56. The van der Waals surface area contributed by atoms with Gasteiger partial charge in [-0.15, -0.1) is 0 Å². The van der Waals surface area contributed by atoms with E-state index in [0.29, 0.717) is 5.56 Å². The van der Waals surface area contributed by atoms with E-state index in [1.54, 1.807) is 18.2 Å². The molecule has 0 bridgehead atoms. The Bertz CT molecular complexity index is 370. The molecule has 4 nitrogen and oxygen atoms in total. The number of nitrogens with one attached hydrogen (secondary N) is 1. The van der Waals surface area contributed by atoms with Gasteiger partial charge in [0.25, 0.3) is 5.91 Å². The molecule has 6 heteroatoms. The summed E-state index contributed by atoms with van der Waals surface area (Å²) >= 11 is 2.02. The summed E-state index contributed by atoms with van der Waals surface area (Å²) in [6.07, 6.45) is 0. The quantitative estimate of drug-likeness (QED) is 0.635. The number of hydrogen-bond donors (Lipinski definition) is 2. The Morgan fingerprint density at radius 2 is 1.93 bits per heavy atom. The van der Waals surface area contributed by atoms with E-state index in [-0.39, 0.29) is 42.0 Å². The molecule has 0 aliphatic heterocycles. The van der Waals surface area contributed by atoms with Crippen LogP contribution in [0.15, 0.2) is 24.3 Å². The van der Waals surface area contributed by atoms with E-state index in [1.807, 2.05) is 28.7 Å². The molecule has 0 spiro atoms. The van der Waals surface area contributed by atoms with Crippen LogP contribution in [0.2, 0.25) is 0 Å². The van der Waals surface area contributed by atoms with E-state index in [4.69, 9.17) is 5.11 Å². The molecule has 0 aromatic heterocycles. The van der Waals surface area contributed by atoms with Crippen LogP contribution in [0.3, 0.4) is 0 Å². The number of amides is 1. The zero-order valence-corrected chi connectivity index (χ0v) is 12.3. The molecule has 1 amide bonds. The summed E-state index contributed by atoms with van der Waals surface area (Å²) in [5.74, 6) is -1.42. The summed E-state index contributed by atoms with van der Waals surface area (Å²) in [6.45, 7) is -0.357. The van der Waals surface area contributed by atoms with Crippen LogP contribution in [0.1, 0.15) is 10.4 Å². The molecular weight excluding hydrogens is 320 g/mol. The third-order valence-corrected chi connectivity index (χ3v) is 2.46. The number of carbonyl (C=O) groups excluding carboxylic acids is 1. The molecule has 0 unspecified atom stereocenters. The van der Waals surface area contributed by atoms with Crippen molar-refractivity contribution in [3.8, 4) is 0 Å². The molecule has 2 N–H and O–H groups in total. The van der Waals surface area contributed by atoms with Crippen molar-refractivity contribution in [2.24, 2.45) is 0 Å². The fraction of sp³-hybridized carbons (Fsp3) is 0.111. The van der Waals surface area contributed by atoms with Crippen molar-refractivity contribution >= 4 is 64.0 Å². The molecule has 1 aromatic carbocycles. The molecular formula is C9H8INNaO3. The molecule has 0 saturated heterocycles. The Kier molecular flexibility index (Phi) is 7.16. The van der Waals surface area contributed by atoms with E-state index in [9.17, 15) is 9.59 Å². The van der Waals surface area contributed by atoms with Crippen LogP contribution in [0.5, 0.6) is 0 Å². The second-order valence-corrected chi connectivity index (χ2v) is 3.72. The Morgan fingerprint density at radius 3 is 2.47 bits per heavy atom. The fourth-order valence-corrected chi connectivity index (χ4v) is 1.53. The van der Waals surface area contributed by atoms with Gasteiger partial charge in [-0.3, -0.25) is 9.59 Å². The Morgan fingerprint density at radius 1 is 1.33 bits per heavy atom. The molecule has 0 fully saturated rings. The zero-order chi connectivity index (χ0) is 10.6. The Hall–Kier alpha value is -0.110. The first-order chi connectivity index (χ1) is 6.61. The van der Waals surface area contributed by atoms with Crippen LogP contribution in [0.4, 0.5) is 0 Å². The summed E-state index contributed by atoms with van der Waals surface area (Å²) < 4.78 is 0.799. The van der Waals surface area contributed by atoms with Gasteiger partial charge in [-0.2, -0.15) is 0 Å². The molecule has 15 heavy (non-hydrogen) atoms. The van der Waals surface area contributed by atoms with Crippen molar-refractivity contribution in [2.45, 2.75) is 0 Å². The fourth-order valence-electron chi connectivity index (χ4n) is 0.896. The smallest absolute Gasteiger partial charge is 0.322 e. The van der Waals surface area contributed by atoms with Crippen LogP contribution in [-0.4, -0.2) is 53.1 Å². The van der Waals surface area contributed by atoms with Crippen LogP contribution in [0, 0.1) is 3.57 Å². The number of benzene rings is 1. The van der Waals surface area contributed by atoms with E-state index >= 15 is 0 Å². The molecule has 0 heterocycles. The van der Waals surface area contributed by atoms with Crippen LogP contribution in [0.25, 0.3) is 0 Å². The summed E-state index contributed by atoms with van der Waals surface area (Å²) in [6, 6.07) is 6.99. The maximum absolute atomic E-state index is 11.4. The molecule has 0 atom stereocenters. The van der Waals surface area contributed by atoms with Gasteiger partial charge in [-0.05, 0) is 34.7 Å². The van der Waals surface area contributed by atoms with Gasteiger partial charge in [-0.25, -0.2) is 0 Å². The van der Waals surface area contributed by atoms with Gasteiger partial charge in [0.2, 0.25) is 0 Å². The van der Waals surface area contributed by atoms with Gasteiger partial charge in [0, 0.05) is 33.1 Å². The first-order valence-corrected chi connectivity index (χ1v) is 4.93. The average molecular weight is 328 g/mol. The maximum atomic E-state index is 11.4. The van der Waals surface area contributed by atoms with Gasteiger partial charge in [0.15, 0.2) is 0 Å². The Labute approximate surface area is 123 Å². The monoisotopic (exact) mass is 328 g/mol. The number of carboxylic acid groups (broad SMARTS) is 1. The van der Waals surface area contributed by atoms with Crippen molar-refractivity contribution in [2.75, 3.05) is 6.54 Å². The molecule has 1 radical (unpaired) electrons. The largest absolute Gasteiger partial charge is 0.480 e. The van der Waals surface area contributed by atoms with Crippen molar-refractivity contribution in [3.05, 3.63) is 33.4 Å². The standard InChI is InChI=1S/C9H8INO3.Na/c10-7-4-2-1-3-6(7)9(14)11-5-8(12)13;/h1-4H,5H2,(H,11,14)(H,12,13);. The Balaban J connectivity index is 0.00000196. The summed E-state index contributed by atoms with van der Waals surface area (Å²) in [4.78, 5) is 21.6. The van der Waals surface area contributed by atoms with E-state index in [0.717, 1.165) is 3.57 Å². The number of rotatable bonds is 3. The first kappa shape index (κ1) is 14.9. The number of hydrogen-bond acceptors (Lipinski definition) is 2. The minimum Gasteiger partial charge on any atom is -0.480 e. The molecule has 0 saturated carbocycles. The molecule has 0 aliphatic rings. The third-order valence-electron chi connectivity index (χ3n) is 1.52. The van der Waals surface area contributed by atoms with E-state index < -0.39 is 5.97 Å². The number of carbonyl (C=O) groups is 2. The maximum Gasteiger partial charge on any atom is 0.322 e. The predicted molar refractivity (Wildman–Crippen MR) is 64.9 cm³/mol. The van der Waals surface area contributed by atoms with Crippen molar-refractivity contribution in [1.29, 1.82) is 0 Å². The van der Waals surface area contributed by atoms with Crippen LogP contribution >= 0.6 is 22.6 Å². The second kappa shape index (κ2) is 7.21. The topological polar surface area (TPSA) is 66.4 Å². The van der Waals surface area contributed by atoms with Gasteiger partial charge in [-0.1, -0.05) is 12.1 Å². The zero-order valence-electron chi connectivity index (χ0n) is 8.16. The molecule has 75 valence electrons. The van der Waals surface area contributed by atoms with Crippen molar-refractivity contribution < 1.29 is 14.7 Å². The van der Waals surface area contributed by atoms with Gasteiger partial charge < -0.3 is 10.4 Å². The van der Waals surface area contributed by atoms with E-state index in [1.165, 1.54) is 0 Å². The summed E-state index contributed by atoms with van der Waals surface area (Å²) in [7, 11) is 0. The predicted octanol–water partition coefficient (Wildman–Crippen LogP) is 0.725. The van der Waals surface area contributed by atoms with Crippen molar-refractivity contribution in [3.63, 3.8) is 0 Å². The van der Waals surface area contributed by atoms with Crippen LogP contribution < -0.4 is 5.32 Å². The minimum absolute atomic E-state index is 0. The normalized spacial score (nSPS) is 8.87. The molecule has 1 rings (SSSR count). The SMILES string of the molecule is O=C(O)CNC(=O)c1ccccc1I.[Na]. The molecule has 0 aliphatic carbocycles. The molecule has 1 aromatic rings. The third kappa shape index (κ3) is 4.96. The number of carboxylic acids is 1. The van der Waals surface area contributed by atoms with E-state index in [2.05, 4.69) is 5.32 Å². The van der Waals surface area contributed by atoms with Gasteiger partial charge in [0.1, 0.15) is 6.54 Å². The first-order valence-electron chi connectivity index (χ1n) is 3.86. The van der Waals surface area contributed by atoms with Gasteiger partial charge in [0.05, 0.1) is 5.56 Å². The van der Waals surface area contributed by atoms with Crippen molar-refractivity contribution in [1.82, 2.24) is 5.32 Å². The minimum atomic E-state index is -1.05. The number of halogens is 1. The van der Waals surface area contributed by atoms with Crippen LogP contribution in [-0.2, 0) is 4.79 Å². The summed E-state index contributed by atoms with van der Waals surface area (Å²) in [5.41, 5.74) is 0.495. The number of aliphatic carboxylic acids is 1. The average Bonchev–Trinajstić information content (AvgIpc) is 2.15.